The third-order valence-corrected chi connectivity index (χ3v) is 4.53. The van der Waals surface area contributed by atoms with Crippen molar-refractivity contribution in [1.82, 2.24) is 4.98 Å². The first-order valence-electron chi connectivity index (χ1n) is 7.51. The quantitative estimate of drug-likeness (QED) is 0.828. The summed E-state index contributed by atoms with van der Waals surface area (Å²) < 4.78 is 0. The maximum Gasteiger partial charge on any atom is 0.137 e. The topological polar surface area (TPSA) is 24.9 Å². The van der Waals surface area contributed by atoms with Crippen molar-refractivity contribution < 1.29 is 0 Å². The number of pyridine rings is 1. The van der Waals surface area contributed by atoms with Crippen LogP contribution in [0.2, 0.25) is 0 Å². The Morgan fingerprint density at radius 2 is 1.89 bits per heavy atom. The van der Waals surface area contributed by atoms with E-state index in [1.165, 1.54) is 60.3 Å². The molecule has 2 fully saturated rings. The standard InChI is InChI=1S/C16H19BN2/c1-9(17)18-16-12-3-2-4-13(12)19-15(11-7-8-11)14(16)10-5-6-10/h10-11H,1-8H2,(H,18,19). The molecule has 3 heteroatoms. The maximum absolute atomic E-state index is 5.82. The van der Waals surface area contributed by atoms with Crippen LogP contribution in [0.25, 0.3) is 0 Å². The van der Waals surface area contributed by atoms with Crippen molar-refractivity contribution in [2.45, 2.75) is 56.8 Å². The molecule has 0 amide bonds. The summed E-state index contributed by atoms with van der Waals surface area (Å²) in [6.45, 7) is 3.83. The van der Waals surface area contributed by atoms with Gasteiger partial charge < -0.3 is 5.32 Å². The number of aryl methyl sites for hydroxylation is 1. The van der Waals surface area contributed by atoms with Crippen LogP contribution in [0.15, 0.2) is 12.2 Å². The molecular formula is C16H19BN2. The van der Waals surface area contributed by atoms with E-state index in [1.54, 1.807) is 0 Å². The van der Waals surface area contributed by atoms with Crippen molar-refractivity contribution in [3.63, 3.8) is 0 Å². The first-order chi connectivity index (χ1) is 9.24. The second-order valence-electron chi connectivity index (χ2n) is 6.26. The highest BCUT2D eigenvalue weighted by atomic mass is 14.9. The summed E-state index contributed by atoms with van der Waals surface area (Å²) in [5, 5.41) is 3.36. The van der Waals surface area contributed by atoms with Gasteiger partial charge in [-0.3, -0.25) is 4.98 Å². The smallest absolute Gasteiger partial charge is 0.137 e. The van der Waals surface area contributed by atoms with Crippen LogP contribution in [0.1, 0.15) is 66.5 Å². The van der Waals surface area contributed by atoms with Crippen molar-refractivity contribution >= 4 is 13.5 Å². The molecule has 2 radical (unpaired) electrons. The third kappa shape index (κ3) is 2.00. The lowest BCUT2D eigenvalue weighted by Crippen LogP contribution is -2.09. The minimum Gasteiger partial charge on any atom is -0.369 e. The van der Waals surface area contributed by atoms with Crippen LogP contribution in [0.5, 0.6) is 0 Å². The molecule has 0 saturated heterocycles. The molecule has 96 valence electrons. The Morgan fingerprint density at radius 1 is 1.16 bits per heavy atom. The predicted octanol–water partition coefficient (Wildman–Crippen LogP) is 3.38. The SMILES string of the molecule is [B]C(=C)Nc1c2c(nc(C3CC3)c1C1CC1)CCC2. The lowest BCUT2D eigenvalue weighted by Gasteiger charge is -2.20. The Morgan fingerprint density at radius 3 is 2.53 bits per heavy atom. The van der Waals surface area contributed by atoms with Gasteiger partial charge in [-0.15, -0.1) is 0 Å². The highest BCUT2D eigenvalue weighted by Gasteiger charge is 2.38. The fourth-order valence-electron chi connectivity index (χ4n) is 3.37. The van der Waals surface area contributed by atoms with Gasteiger partial charge in [-0.05, 0) is 62.0 Å². The van der Waals surface area contributed by atoms with Crippen molar-refractivity contribution in [2.24, 2.45) is 0 Å². The Kier molecular flexibility index (Phi) is 2.51. The maximum atomic E-state index is 5.82. The van der Waals surface area contributed by atoms with Crippen LogP contribution < -0.4 is 5.32 Å². The number of fused-ring (bicyclic) bond motifs is 1. The third-order valence-electron chi connectivity index (χ3n) is 4.53. The Hall–Kier alpha value is -1.25. The van der Waals surface area contributed by atoms with E-state index < -0.39 is 0 Å². The van der Waals surface area contributed by atoms with Gasteiger partial charge in [0.05, 0.1) is 0 Å². The summed E-state index contributed by atoms with van der Waals surface area (Å²) in [6, 6.07) is 0. The van der Waals surface area contributed by atoms with Gasteiger partial charge in [0.25, 0.3) is 0 Å². The molecule has 4 rings (SSSR count). The molecule has 0 aromatic carbocycles. The molecule has 0 aliphatic heterocycles. The molecule has 19 heavy (non-hydrogen) atoms. The number of hydrogen-bond acceptors (Lipinski definition) is 2. The van der Waals surface area contributed by atoms with E-state index in [0.717, 1.165) is 18.8 Å². The van der Waals surface area contributed by atoms with Gasteiger partial charge in [-0.25, -0.2) is 0 Å². The van der Waals surface area contributed by atoms with Gasteiger partial charge >= 0.3 is 0 Å². The van der Waals surface area contributed by atoms with E-state index >= 15 is 0 Å². The minimum atomic E-state index is 0.559. The summed E-state index contributed by atoms with van der Waals surface area (Å²) in [5.74, 6) is 1.43. The van der Waals surface area contributed by atoms with Crippen LogP contribution in [-0.4, -0.2) is 12.8 Å². The number of nitrogens with zero attached hydrogens (tertiary/aromatic N) is 1. The van der Waals surface area contributed by atoms with Crippen LogP contribution in [-0.2, 0) is 12.8 Å². The molecule has 3 aliphatic rings. The molecule has 1 N–H and O–H groups in total. The Balaban J connectivity index is 1.90. The van der Waals surface area contributed by atoms with E-state index in [0.29, 0.717) is 11.5 Å². The second kappa shape index (κ2) is 4.12. The molecule has 2 saturated carbocycles. The summed E-state index contributed by atoms with van der Waals surface area (Å²) >= 11 is 0. The van der Waals surface area contributed by atoms with E-state index in [-0.39, 0.29) is 0 Å². The summed E-state index contributed by atoms with van der Waals surface area (Å²) in [4.78, 5) is 5.03. The van der Waals surface area contributed by atoms with E-state index in [1.807, 2.05) is 0 Å². The normalized spacial score (nSPS) is 21.3. The van der Waals surface area contributed by atoms with Crippen molar-refractivity contribution in [3.05, 3.63) is 34.7 Å². The van der Waals surface area contributed by atoms with Gasteiger partial charge in [0.15, 0.2) is 0 Å². The number of hydrogen-bond donors (Lipinski definition) is 1. The lowest BCUT2D eigenvalue weighted by molar-refractivity contribution is 0.882. The lowest BCUT2D eigenvalue weighted by atomic mass is 9.96. The number of nitrogens with one attached hydrogen (secondary N) is 1. The molecule has 2 nitrogen and oxygen atoms in total. The van der Waals surface area contributed by atoms with E-state index in [9.17, 15) is 0 Å². The highest BCUT2D eigenvalue weighted by Crippen LogP contribution is 2.52. The summed E-state index contributed by atoms with van der Waals surface area (Å²) in [7, 11) is 5.82. The molecular weight excluding hydrogens is 231 g/mol. The van der Waals surface area contributed by atoms with E-state index in [4.69, 9.17) is 12.8 Å². The van der Waals surface area contributed by atoms with Crippen LogP contribution in [0.3, 0.4) is 0 Å². The monoisotopic (exact) mass is 250 g/mol. The summed E-state index contributed by atoms with van der Waals surface area (Å²) in [6.07, 6.45) is 8.75. The first-order valence-corrected chi connectivity index (χ1v) is 7.51. The largest absolute Gasteiger partial charge is 0.369 e. The first kappa shape index (κ1) is 11.6. The fraction of sp³-hybridized carbons (Fsp3) is 0.562. The predicted molar refractivity (Wildman–Crippen MR) is 78.7 cm³/mol. The van der Waals surface area contributed by atoms with Gasteiger partial charge in [-0.1, -0.05) is 6.58 Å². The molecule has 0 spiro atoms. The van der Waals surface area contributed by atoms with Gasteiger partial charge in [0.1, 0.15) is 7.85 Å². The molecule has 1 aromatic heterocycles. The Labute approximate surface area is 116 Å². The molecule has 3 aliphatic carbocycles. The molecule has 1 aromatic rings. The molecule has 0 atom stereocenters. The number of rotatable bonds is 4. The zero-order valence-corrected chi connectivity index (χ0v) is 11.3. The van der Waals surface area contributed by atoms with E-state index in [2.05, 4.69) is 11.9 Å². The van der Waals surface area contributed by atoms with Crippen molar-refractivity contribution in [2.75, 3.05) is 5.32 Å². The fourth-order valence-corrected chi connectivity index (χ4v) is 3.37. The summed E-state index contributed by atoms with van der Waals surface area (Å²) in [5.41, 5.74) is 7.43. The van der Waals surface area contributed by atoms with Crippen LogP contribution in [0.4, 0.5) is 5.69 Å². The molecule has 0 bridgehead atoms. The molecule has 0 unspecified atom stereocenters. The highest BCUT2D eigenvalue weighted by molar-refractivity contribution is 6.22. The zero-order chi connectivity index (χ0) is 13.0. The van der Waals surface area contributed by atoms with Crippen LogP contribution >= 0.6 is 0 Å². The zero-order valence-electron chi connectivity index (χ0n) is 11.3. The van der Waals surface area contributed by atoms with Gasteiger partial charge in [0.2, 0.25) is 0 Å². The average molecular weight is 250 g/mol. The molecule has 1 heterocycles. The van der Waals surface area contributed by atoms with Crippen molar-refractivity contribution in [3.8, 4) is 0 Å². The van der Waals surface area contributed by atoms with Crippen LogP contribution in [0, 0.1) is 0 Å². The number of aromatic nitrogens is 1. The average Bonchev–Trinajstić information content (AvgIpc) is 3.26. The van der Waals surface area contributed by atoms with Gasteiger partial charge in [0, 0.05) is 28.6 Å². The minimum absolute atomic E-state index is 0.559. The van der Waals surface area contributed by atoms with Crippen molar-refractivity contribution in [1.29, 1.82) is 0 Å². The number of anilines is 1. The van der Waals surface area contributed by atoms with Gasteiger partial charge in [-0.2, -0.15) is 0 Å². The Bertz CT molecular complexity index is 556. The second-order valence-corrected chi connectivity index (χ2v) is 6.26.